The van der Waals surface area contributed by atoms with Gasteiger partial charge in [0.05, 0.1) is 5.75 Å². The van der Waals surface area contributed by atoms with E-state index in [1.807, 2.05) is 0 Å². The third-order valence-corrected chi connectivity index (χ3v) is 3.04. The van der Waals surface area contributed by atoms with Gasteiger partial charge in [0.25, 0.3) is 0 Å². The second-order valence-corrected chi connectivity index (χ2v) is 5.77. The van der Waals surface area contributed by atoms with Gasteiger partial charge in [-0.1, -0.05) is 12.1 Å². The Labute approximate surface area is 89.0 Å². The first kappa shape index (κ1) is 12.1. The Morgan fingerprint density at radius 1 is 1.40 bits per heavy atom. The molecule has 1 aromatic carbocycles. The van der Waals surface area contributed by atoms with Crippen LogP contribution < -0.4 is 5.73 Å². The summed E-state index contributed by atoms with van der Waals surface area (Å²) in [6, 6.07) is 4.64. The highest BCUT2D eigenvalue weighted by molar-refractivity contribution is 7.90. The number of hydrogen-bond donors (Lipinski definition) is 1. The van der Waals surface area contributed by atoms with E-state index in [4.69, 9.17) is 5.73 Å². The van der Waals surface area contributed by atoms with Gasteiger partial charge in [0.2, 0.25) is 0 Å². The zero-order chi connectivity index (χ0) is 11.5. The molecule has 5 heteroatoms. The van der Waals surface area contributed by atoms with Crippen molar-refractivity contribution in [2.75, 3.05) is 12.0 Å². The lowest BCUT2D eigenvalue weighted by molar-refractivity contribution is 0.595. The molecule has 3 nitrogen and oxygen atoms in total. The molecule has 0 bridgehead atoms. The summed E-state index contributed by atoms with van der Waals surface area (Å²) in [6.45, 7) is 0.281. The molecule has 0 aliphatic carbocycles. The van der Waals surface area contributed by atoms with Gasteiger partial charge in [0, 0.05) is 12.8 Å². The lowest BCUT2D eigenvalue weighted by Crippen LogP contribution is -2.07. The van der Waals surface area contributed by atoms with Crippen LogP contribution in [-0.2, 0) is 22.8 Å². The summed E-state index contributed by atoms with van der Waals surface area (Å²) in [5, 5.41) is 0. The van der Waals surface area contributed by atoms with Crippen LogP contribution in [0.2, 0.25) is 0 Å². The average molecular weight is 231 g/mol. The minimum atomic E-state index is -3.05. The standard InChI is InChI=1S/C10H14FNO2S/c1-15(13,14)5-4-9-3-2-8(7-12)6-10(9)11/h2-3,6H,4-5,7,12H2,1H3. The number of hydrogen-bond acceptors (Lipinski definition) is 3. The molecule has 0 radical (unpaired) electrons. The number of halogens is 1. The third-order valence-electron chi connectivity index (χ3n) is 2.10. The fraction of sp³-hybridized carbons (Fsp3) is 0.400. The summed E-state index contributed by atoms with van der Waals surface area (Å²) in [7, 11) is -3.05. The van der Waals surface area contributed by atoms with Gasteiger partial charge in [0.15, 0.2) is 0 Å². The predicted molar refractivity (Wildman–Crippen MR) is 57.7 cm³/mol. The van der Waals surface area contributed by atoms with Gasteiger partial charge in [0.1, 0.15) is 15.7 Å². The molecule has 0 amide bonds. The summed E-state index contributed by atoms with van der Waals surface area (Å²) in [5.41, 5.74) is 6.47. The Morgan fingerprint density at radius 2 is 2.07 bits per heavy atom. The molecular formula is C10H14FNO2S. The molecule has 84 valence electrons. The van der Waals surface area contributed by atoms with Crippen molar-refractivity contribution < 1.29 is 12.8 Å². The van der Waals surface area contributed by atoms with E-state index >= 15 is 0 Å². The number of aryl methyl sites for hydroxylation is 1. The number of nitrogens with two attached hydrogens (primary N) is 1. The number of sulfone groups is 1. The Hall–Kier alpha value is -0.940. The van der Waals surface area contributed by atoms with E-state index < -0.39 is 9.84 Å². The lowest BCUT2D eigenvalue weighted by Gasteiger charge is -2.04. The molecule has 0 aliphatic rings. The minimum absolute atomic E-state index is 0.0358. The maximum atomic E-state index is 13.4. The van der Waals surface area contributed by atoms with Crippen LogP contribution >= 0.6 is 0 Å². The molecule has 0 aromatic heterocycles. The van der Waals surface area contributed by atoms with Crippen LogP contribution in [0.1, 0.15) is 11.1 Å². The van der Waals surface area contributed by atoms with Gasteiger partial charge in [-0.05, 0) is 23.6 Å². The zero-order valence-electron chi connectivity index (χ0n) is 8.53. The third kappa shape index (κ3) is 3.97. The monoisotopic (exact) mass is 231 g/mol. The van der Waals surface area contributed by atoms with E-state index in [0.29, 0.717) is 11.1 Å². The van der Waals surface area contributed by atoms with Crippen LogP contribution in [0.4, 0.5) is 4.39 Å². The van der Waals surface area contributed by atoms with Crippen molar-refractivity contribution in [2.45, 2.75) is 13.0 Å². The number of rotatable bonds is 4. The highest BCUT2D eigenvalue weighted by atomic mass is 32.2. The second-order valence-electron chi connectivity index (χ2n) is 3.51. The van der Waals surface area contributed by atoms with Gasteiger partial charge < -0.3 is 5.73 Å². The quantitative estimate of drug-likeness (QED) is 0.836. The maximum absolute atomic E-state index is 13.4. The molecule has 2 N–H and O–H groups in total. The average Bonchev–Trinajstić information content (AvgIpc) is 2.14. The van der Waals surface area contributed by atoms with Crippen LogP contribution in [0.3, 0.4) is 0 Å². The summed E-state index contributed by atoms with van der Waals surface area (Å²) >= 11 is 0. The van der Waals surface area contributed by atoms with Crippen molar-refractivity contribution >= 4 is 9.84 Å². The molecule has 0 aliphatic heterocycles. The topological polar surface area (TPSA) is 60.2 Å². The fourth-order valence-corrected chi connectivity index (χ4v) is 1.81. The molecule has 1 aromatic rings. The van der Waals surface area contributed by atoms with Gasteiger partial charge in [-0.25, -0.2) is 12.8 Å². The van der Waals surface area contributed by atoms with Crippen molar-refractivity contribution in [1.29, 1.82) is 0 Å². The fourth-order valence-electron chi connectivity index (χ4n) is 1.22. The van der Waals surface area contributed by atoms with Crippen molar-refractivity contribution in [3.63, 3.8) is 0 Å². The summed E-state index contributed by atoms with van der Waals surface area (Å²) < 4.78 is 35.2. The maximum Gasteiger partial charge on any atom is 0.147 e. The van der Waals surface area contributed by atoms with Crippen LogP contribution in [-0.4, -0.2) is 20.4 Å². The van der Waals surface area contributed by atoms with E-state index in [2.05, 4.69) is 0 Å². The Morgan fingerprint density at radius 3 is 2.53 bits per heavy atom. The van der Waals surface area contributed by atoms with Crippen LogP contribution in [0.15, 0.2) is 18.2 Å². The van der Waals surface area contributed by atoms with Crippen LogP contribution in [0, 0.1) is 5.82 Å². The Balaban J connectivity index is 2.79. The predicted octanol–water partition coefficient (Wildman–Crippen LogP) is 0.872. The largest absolute Gasteiger partial charge is 0.326 e. The first-order valence-electron chi connectivity index (χ1n) is 4.57. The first-order chi connectivity index (χ1) is 6.92. The molecule has 0 saturated carbocycles. The minimum Gasteiger partial charge on any atom is -0.326 e. The highest BCUT2D eigenvalue weighted by Crippen LogP contribution is 2.11. The van der Waals surface area contributed by atoms with Crippen molar-refractivity contribution in [3.8, 4) is 0 Å². The zero-order valence-corrected chi connectivity index (χ0v) is 9.35. The summed E-state index contributed by atoms with van der Waals surface area (Å²) in [5.74, 6) is -0.423. The van der Waals surface area contributed by atoms with Gasteiger partial charge >= 0.3 is 0 Å². The molecule has 0 saturated heterocycles. The van der Waals surface area contributed by atoms with Crippen molar-refractivity contribution in [2.24, 2.45) is 5.73 Å². The lowest BCUT2D eigenvalue weighted by atomic mass is 10.1. The van der Waals surface area contributed by atoms with Crippen molar-refractivity contribution in [3.05, 3.63) is 35.1 Å². The van der Waals surface area contributed by atoms with Crippen LogP contribution in [0.25, 0.3) is 0 Å². The highest BCUT2D eigenvalue weighted by Gasteiger charge is 2.07. The van der Waals surface area contributed by atoms with E-state index in [9.17, 15) is 12.8 Å². The van der Waals surface area contributed by atoms with E-state index in [0.717, 1.165) is 6.26 Å². The molecule has 0 fully saturated rings. The second kappa shape index (κ2) is 4.72. The Kier molecular flexibility index (Phi) is 3.82. The molecule has 0 unspecified atom stereocenters. The smallest absolute Gasteiger partial charge is 0.147 e. The van der Waals surface area contributed by atoms with Gasteiger partial charge in [-0.3, -0.25) is 0 Å². The van der Waals surface area contributed by atoms with Gasteiger partial charge in [-0.2, -0.15) is 0 Å². The summed E-state index contributed by atoms with van der Waals surface area (Å²) in [4.78, 5) is 0. The first-order valence-corrected chi connectivity index (χ1v) is 6.63. The molecule has 1 rings (SSSR count). The van der Waals surface area contributed by atoms with E-state index in [1.54, 1.807) is 12.1 Å². The molecule has 0 heterocycles. The molecule has 15 heavy (non-hydrogen) atoms. The molecular weight excluding hydrogens is 217 g/mol. The van der Waals surface area contributed by atoms with Crippen molar-refractivity contribution in [1.82, 2.24) is 0 Å². The van der Waals surface area contributed by atoms with E-state index in [-0.39, 0.29) is 24.5 Å². The Bertz CT molecular complexity index is 443. The van der Waals surface area contributed by atoms with Gasteiger partial charge in [-0.15, -0.1) is 0 Å². The van der Waals surface area contributed by atoms with E-state index in [1.165, 1.54) is 6.07 Å². The van der Waals surface area contributed by atoms with Crippen LogP contribution in [0.5, 0.6) is 0 Å². The SMILES string of the molecule is CS(=O)(=O)CCc1ccc(CN)cc1F. The number of benzene rings is 1. The summed E-state index contributed by atoms with van der Waals surface area (Å²) in [6.07, 6.45) is 1.34. The molecule has 0 spiro atoms. The normalized spacial score (nSPS) is 11.7. The molecule has 0 atom stereocenters.